The van der Waals surface area contributed by atoms with Gasteiger partial charge in [-0.25, -0.2) is 0 Å². The van der Waals surface area contributed by atoms with Crippen molar-refractivity contribution >= 4 is 40.3 Å². The highest BCUT2D eigenvalue weighted by atomic mass is 35.5. The molecule has 5 nitrogen and oxygen atoms in total. The molecule has 4 heterocycles. The van der Waals surface area contributed by atoms with E-state index >= 15 is 0 Å². The number of thiocarbonyl (C=S) groups is 1. The van der Waals surface area contributed by atoms with Gasteiger partial charge in [-0.1, -0.05) is 31.5 Å². The molecule has 166 valence electrons. The monoisotopic (exact) mass is 465 g/mol. The molecule has 0 spiro atoms. The number of halogens is 1. The van der Waals surface area contributed by atoms with Crippen LogP contribution in [0.15, 0.2) is 60.9 Å². The van der Waals surface area contributed by atoms with Gasteiger partial charge < -0.3 is 20.1 Å². The molecule has 32 heavy (non-hydrogen) atoms. The van der Waals surface area contributed by atoms with Gasteiger partial charge in [0, 0.05) is 36.9 Å². The van der Waals surface area contributed by atoms with Gasteiger partial charge in [0.1, 0.15) is 6.04 Å². The molecular weight excluding hydrogens is 438 g/mol. The fourth-order valence-corrected chi connectivity index (χ4v) is 5.88. The molecule has 4 atom stereocenters. The lowest BCUT2D eigenvalue weighted by molar-refractivity contribution is 0.357. The van der Waals surface area contributed by atoms with Crippen LogP contribution >= 0.6 is 23.8 Å². The molecule has 0 amide bonds. The van der Waals surface area contributed by atoms with Gasteiger partial charge in [0.15, 0.2) is 5.11 Å². The number of anilines is 2. The minimum atomic E-state index is -0.0652. The number of aromatic amines is 1. The quantitative estimate of drug-likeness (QED) is 0.482. The lowest BCUT2D eigenvalue weighted by Gasteiger charge is -2.37. The highest BCUT2D eigenvalue weighted by Gasteiger charge is 2.41. The van der Waals surface area contributed by atoms with Crippen LogP contribution in [-0.4, -0.2) is 28.2 Å². The van der Waals surface area contributed by atoms with Crippen LogP contribution in [0.25, 0.3) is 0 Å². The highest BCUT2D eigenvalue weighted by Crippen LogP contribution is 2.43. The zero-order valence-electron chi connectivity index (χ0n) is 18.3. The van der Waals surface area contributed by atoms with E-state index in [9.17, 15) is 0 Å². The van der Waals surface area contributed by atoms with E-state index in [0.717, 1.165) is 40.9 Å². The molecule has 0 radical (unpaired) electrons. The molecule has 2 fully saturated rings. The molecule has 0 saturated carbocycles. The smallest absolute Gasteiger partial charge is 0.174 e. The molecule has 3 aromatic rings. The van der Waals surface area contributed by atoms with Gasteiger partial charge in [-0.2, -0.15) is 0 Å². The Hall–Kier alpha value is -2.57. The van der Waals surface area contributed by atoms with Crippen molar-refractivity contribution in [3.63, 3.8) is 0 Å². The number of piperidine rings is 1. The molecule has 2 aromatic heterocycles. The van der Waals surface area contributed by atoms with Gasteiger partial charge in [0.05, 0.1) is 22.4 Å². The highest BCUT2D eigenvalue weighted by molar-refractivity contribution is 7.80. The van der Waals surface area contributed by atoms with Crippen molar-refractivity contribution in [3.05, 3.63) is 77.3 Å². The van der Waals surface area contributed by atoms with E-state index in [-0.39, 0.29) is 12.1 Å². The summed E-state index contributed by atoms with van der Waals surface area (Å²) in [7, 11) is 0. The van der Waals surface area contributed by atoms with Crippen molar-refractivity contribution in [2.75, 3.05) is 22.9 Å². The Kier molecular flexibility index (Phi) is 5.82. The molecule has 0 aliphatic carbocycles. The van der Waals surface area contributed by atoms with E-state index in [1.54, 1.807) is 0 Å². The number of benzene rings is 1. The first-order valence-electron chi connectivity index (χ1n) is 11.2. The van der Waals surface area contributed by atoms with Gasteiger partial charge in [0.2, 0.25) is 0 Å². The van der Waals surface area contributed by atoms with Crippen LogP contribution in [0.3, 0.4) is 0 Å². The second-order valence-corrected chi connectivity index (χ2v) is 9.90. The maximum Gasteiger partial charge on any atom is 0.174 e. The molecule has 2 aliphatic heterocycles. The summed E-state index contributed by atoms with van der Waals surface area (Å²) in [5.41, 5.74) is 4.11. The van der Waals surface area contributed by atoms with Crippen LogP contribution in [0.5, 0.6) is 0 Å². The molecule has 4 unspecified atom stereocenters. The zero-order chi connectivity index (χ0) is 22.2. The predicted molar refractivity (Wildman–Crippen MR) is 135 cm³/mol. The van der Waals surface area contributed by atoms with E-state index < -0.39 is 0 Å². The minimum Gasteiger partial charge on any atom is -0.370 e. The van der Waals surface area contributed by atoms with E-state index in [1.165, 1.54) is 6.42 Å². The number of hydrogen-bond acceptors (Lipinski definition) is 3. The molecule has 2 aliphatic rings. The number of nitrogens with one attached hydrogen (secondary N) is 2. The Morgan fingerprint density at radius 2 is 1.88 bits per heavy atom. The summed E-state index contributed by atoms with van der Waals surface area (Å²) in [6, 6.07) is 16.3. The average Bonchev–Trinajstić information content (AvgIpc) is 3.41. The van der Waals surface area contributed by atoms with Crippen LogP contribution in [-0.2, 0) is 0 Å². The maximum atomic E-state index is 6.86. The summed E-state index contributed by atoms with van der Waals surface area (Å²) in [4.78, 5) is 12.5. The predicted octanol–water partition coefficient (Wildman–Crippen LogP) is 5.72. The third kappa shape index (κ3) is 3.97. The summed E-state index contributed by atoms with van der Waals surface area (Å²) >= 11 is 12.7. The van der Waals surface area contributed by atoms with Crippen molar-refractivity contribution < 1.29 is 0 Å². The molecule has 0 bridgehead atoms. The van der Waals surface area contributed by atoms with E-state index in [4.69, 9.17) is 23.8 Å². The standard InChI is InChI=1S/C25H28ClN5S/c1-16-12-17(2)15-30(14-16)22-9-8-18(13-19(22)26)31-24(21-7-5-11-28-21)23(29-25(31)32)20-6-3-4-10-27-20/h3-11,13,16-17,23-24,28H,12,14-15H2,1-2H3,(H,29,32). The molecule has 5 rings (SSSR count). The number of aromatic nitrogens is 2. The second kappa shape index (κ2) is 8.75. The van der Waals surface area contributed by atoms with Crippen LogP contribution in [0.4, 0.5) is 11.4 Å². The molecule has 1 aromatic carbocycles. The second-order valence-electron chi connectivity index (χ2n) is 9.11. The largest absolute Gasteiger partial charge is 0.370 e. The Morgan fingerprint density at radius 1 is 1.06 bits per heavy atom. The van der Waals surface area contributed by atoms with Crippen LogP contribution in [0.2, 0.25) is 5.02 Å². The summed E-state index contributed by atoms with van der Waals surface area (Å²) in [6.45, 7) is 6.72. The van der Waals surface area contributed by atoms with Gasteiger partial charge in [0.25, 0.3) is 0 Å². The van der Waals surface area contributed by atoms with E-state index in [2.05, 4.69) is 57.1 Å². The SMILES string of the molecule is CC1CC(C)CN(c2ccc(N3C(=S)NC(c4ccccn4)C3c3ccc[nH]3)cc2Cl)C1. The first-order chi connectivity index (χ1) is 15.5. The first-order valence-corrected chi connectivity index (χ1v) is 12.0. The Bertz CT molecular complexity index is 1080. The molecule has 2 N–H and O–H groups in total. The van der Waals surface area contributed by atoms with Crippen LogP contribution < -0.4 is 15.1 Å². The Labute approximate surface area is 199 Å². The van der Waals surface area contributed by atoms with Crippen molar-refractivity contribution in [2.45, 2.75) is 32.4 Å². The van der Waals surface area contributed by atoms with Crippen molar-refractivity contribution in [3.8, 4) is 0 Å². The minimum absolute atomic E-state index is 0.0515. The van der Waals surface area contributed by atoms with Gasteiger partial charge in [-0.15, -0.1) is 0 Å². The van der Waals surface area contributed by atoms with Gasteiger partial charge in [-0.05, 0) is 72.9 Å². The molecule has 2 saturated heterocycles. The number of rotatable bonds is 4. The Morgan fingerprint density at radius 3 is 2.53 bits per heavy atom. The average molecular weight is 466 g/mol. The zero-order valence-corrected chi connectivity index (χ0v) is 19.9. The molecule has 7 heteroatoms. The summed E-state index contributed by atoms with van der Waals surface area (Å²) in [6.07, 6.45) is 5.03. The lowest BCUT2D eigenvalue weighted by atomic mass is 9.91. The van der Waals surface area contributed by atoms with Crippen molar-refractivity contribution in [1.29, 1.82) is 0 Å². The fraction of sp³-hybridized carbons (Fsp3) is 0.360. The normalized spacial score (nSPS) is 25.8. The van der Waals surface area contributed by atoms with Gasteiger partial charge >= 0.3 is 0 Å². The van der Waals surface area contributed by atoms with E-state index in [0.29, 0.717) is 16.9 Å². The van der Waals surface area contributed by atoms with Crippen LogP contribution in [0, 0.1) is 11.8 Å². The number of H-pyrrole nitrogens is 1. The summed E-state index contributed by atoms with van der Waals surface area (Å²) in [5, 5.41) is 4.92. The van der Waals surface area contributed by atoms with Crippen LogP contribution in [0.1, 0.15) is 43.7 Å². The first kappa shape index (κ1) is 21.3. The Balaban J connectivity index is 1.50. The lowest BCUT2D eigenvalue weighted by Crippen LogP contribution is -2.38. The third-order valence-electron chi connectivity index (χ3n) is 6.46. The summed E-state index contributed by atoms with van der Waals surface area (Å²) < 4.78 is 0. The third-order valence-corrected chi connectivity index (χ3v) is 7.08. The van der Waals surface area contributed by atoms with E-state index in [1.807, 2.05) is 42.7 Å². The number of hydrogen-bond donors (Lipinski definition) is 2. The number of pyridine rings is 1. The number of nitrogens with zero attached hydrogens (tertiary/aromatic N) is 3. The van der Waals surface area contributed by atoms with Crippen molar-refractivity contribution in [1.82, 2.24) is 15.3 Å². The fourth-order valence-electron chi connectivity index (χ4n) is 5.24. The van der Waals surface area contributed by atoms with Gasteiger partial charge in [-0.3, -0.25) is 4.98 Å². The maximum absolute atomic E-state index is 6.86. The summed E-state index contributed by atoms with van der Waals surface area (Å²) in [5.74, 6) is 1.34. The molecular formula is C25H28ClN5S. The van der Waals surface area contributed by atoms with Crippen molar-refractivity contribution in [2.24, 2.45) is 11.8 Å². The topological polar surface area (TPSA) is 47.2 Å².